The van der Waals surface area contributed by atoms with Crippen LogP contribution < -0.4 is 5.32 Å². The molecule has 1 unspecified atom stereocenters. The summed E-state index contributed by atoms with van der Waals surface area (Å²) in [7, 11) is 1.60. The van der Waals surface area contributed by atoms with Crippen LogP contribution in [0.5, 0.6) is 0 Å². The fourth-order valence-corrected chi connectivity index (χ4v) is 3.58. The summed E-state index contributed by atoms with van der Waals surface area (Å²) < 4.78 is 0. The fraction of sp³-hybridized carbons (Fsp3) is 0.364. The monoisotopic (exact) mass is 384 g/mol. The third-order valence-corrected chi connectivity index (χ3v) is 5.49. The van der Waals surface area contributed by atoms with Gasteiger partial charge in [-0.1, -0.05) is 59.7 Å². The second-order valence-electron chi connectivity index (χ2n) is 6.78. The van der Waals surface area contributed by atoms with Gasteiger partial charge in [0.05, 0.1) is 5.75 Å². The summed E-state index contributed by atoms with van der Waals surface area (Å²) in [6.07, 6.45) is 0. The number of thioether (sulfide) groups is 1. The van der Waals surface area contributed by atoms with Crippen LogP contribution >= 0.6 is 11.8 Å². The minimum absolute atomic E-state index is 0.0243. The molecule has 144 valence electrons. The van der Waals surface area contributed by atoms with Crippen molar-refractivity contribution in [3.63, 3.8) is 0 Å². The van der Waals surface area contributed by atoms with Crippen LogP contribution in [0.1, 0.15) is 29.2 Å². The SMILES string of the molecule is CNC(=O)C(C)N(Cc1ccc(C)cc1)C(=O)CSCc1ccc(C)cc1. The van der Waals surface area contributed by atoms with Gasteiger partial charge in [-0.2, -0.15) is 0 Å². The highest BCUT2D eigenvalue weighted by Gasteiger charge is 2.25. The smallest absolute Gasteiger partial charge is 0.242 e. The highest BCUT2D eigenvalue weighted by Crippen LogP contribution is 2.16. The second kappa shape index (κ2) is 10.2. The number of benzene rings is 2. The Bertz CT molecular complexity index is 757. The topological polar surface area (TPSA) is 49.4 Å². The van der Waals surface area contributed by atoms with E-state index in [1.165, 1.54) is 16.7 Å². The molecule has 0 aliphatic heterocycles. The van der Waals surface area contributed by atoms with Gasteiger partial charge in [-0.15, -0.1) is 11.8 Å². The maximum Gasteiger partial charge on any atom is 0.242 e. The largest absolute Gasteiger partial charge is 0.357 e. The minimum atomic E-state index is -0.510. The lowest BCUT2D eigenvalue weighted by molar-refractivity contribution is -0.138. The summed E-state index contributed by atoms with van der Waals surface area (Å²) in [4.78, 5) is 26.6. The Morgan fingerprint density at radius 1 is 0.963 bits per heavy atom. The molecular weight excluding hydrogens is 356 g/mol. The molecule has 1 atom stereocenters. The molecule has 0 saturated heterocycles. The molecule has 0 aliphatic carbocycles. The molecule has 2 amide bonds. The number of rotatable bonds is 8. The van der Waals surface area contributed by atoms with Gasteiger partial charge in [-0.3, -0.25) is 9.59 Å². The van der Waals surface area contributed by atoms with E-state index in [0.29, 0.717) is 12.3 Å². The van der Waals surface area contributed by atoms with Gasteiger partial charge in [-0.05, 0) is 31.9 Å². The quantitative estimate of drug-likeness (QED) is 0.755. The van der Waals surface area contributed by atoms with E-state index in [1.54, 1.807) is 30.6 Å². The maximum absolute atomic E-state index is 12.8. The van der Waals surface area contributed by atoms with E-state index in [-0.39, 0.29) is 11.8 Å². The lowest BCUT2D eigenvalue weighted by Gasteiger charge is -2.28. The van der Waals surface area contributed by atoms with E-state index >= 15 is 0 Å². The molecule has 0 radical (unpaired) electrons. The van der Waals surface area contributed by atoms with E-state index in [1.807, 2.05) is 31.2 Å². The Morgan fingerprint density at radius 3 is 2.00 bits per heavy atom. The third-order valence-electron chi connectivity index (χ3n) is 4.50. The summed E-state index contributed by atoms with van der Waals surface area (Å²) >= 11 is 1.58. The van der Waals surface area contributed by atoms with Gasteiger partial charge in [0.15, 0.2) is 0 Å². The van der Waals surface area contributed by atoms with Crippen LogP contribution in [0.25, 0.3) is 0 Å². The van der Waals surface area contributed by atoms with Crippen molar-refractivity contribution in [2.45, 2.75) is 39.1 Å². The average Bonchev–Trinajstić information content (AvgIpc) is 2.67. The lowest BCUT2D eigenvalue weighted by Crippen LogP contribution is -2.47. The number of hydrogen-bond donors (Lipinski definition) is 1. The van der Waals surface area contributed by atoms with E-state index in [2.05, 4.69) is 36.5 Å². The van der Waals surface area contributed by atoms with Gasteiger partial charge in [-0.25, -0.2) is 0 Å². The van der Waals surface area contributed by atoms with E-state index < -0.39 is 6.04 Å². The Kier molecular flexibility index (Phi) is 7.92. The highest BCUT2D eigenvalue weighted by atomic mass is 32.2. The first kappa shape index (κ1) is 21.0. The molecule has 4 nitrogen and oxygen atoms in total. The molecule has 0 aromatic heterocycles. The molecule has 5 heteroatoms. The molecule has 0 heterocycles. The summed E-state index contributed by atoms with van der Waals surface area (Å²) in [5.41, 5.74) is 4.62. The average molecular weight is 385 g/mol. The van der Waals surface area contributed by atoms with Crippen LogP contribution in [0.15, 0.2) is 48.5 Å². The Labute approximate surface area is 166 Å². The first-order valence-corrected chi connectivity index (χ1v) is 10.3. The van der Waals surface area contributed by atoms with Crippen LogP contribution in [0.2, 0.25) is 0 Å². The van der Waals surface area contributed by atoms with Crippen molar-refractivity contribution >= 4 is 23.6 Å². The highest BCUT2D eigenvalue weighted by molar-refractivity contribution is 7.99. The Hall–Kier alpha value is -2.27. The number of carbonyl (C=O) groups is 2. The lowest BCUT2D eigenvalue weighted by atomic mass is 10.1. The molecule has 2 aromatic carbocycles. The van der Waals surface area contributed by atoms with Crippen LogP contribution in [0.3, 0.4) is 0 Å². The number of nitrogens with zero attached hydrogens (tertiary/aromatic N) is 1. The fourth-order valence-electron chi connectivity index (χ4n) is 2.71. The number of likely N-dealkylation sites (N-methyl/N-ethyl adjacent to an activating group) is 1. The zero-order valence-electron chi connectivity index (χ0n) is 16.5. The van der Waals surface area contributed by atoms with Crippen LogP contribution in [0.4, 0.5) is 0 Å². The molecule has 0 fully saturated rings. The van der Waals surface area contributed by atoms with Crippen LogP contribution in [-0.4, -0.2) is 35.6 Å². The number of hydrogen-bond acceptors (Lipinski definition) is 3. The van der Waals surface area contributed by atoms with E-state index in [9.17, 15) is 9.59 Å². The van der Waals surface area contributed by atoms with Crippen molar-refractivity contribution in [3.05, 3.63) is 70.8 Å². The van der Waals surface area contributed by atoms with Gasteiger partial charge in [0.1, 0.15) is 6.04 Å². The number of aryl methyl sites for hydroxylation is 2. The molecular formula is C22H28N2O2S. The summed E-state index contributed by atoms with van der Waals surface area (Å²) in [6, 6.07) is 15.9. The van der Waals surface area contributed by atoms with Gasteiger partial charge >= 0.3 is 0 Å². The van der Waals surface area contributed by atoms with Gasteiger partial charge < -0.3 is 10.2 Å². The number of amides is 2. The minimum Gasteiger partial charge on any atom is -0.357 e. The molecule has 2 aromatic rings. The number of nitrogens with one attached hydrogen (secondary N) is 1. The predicted octanol–water partition coefficient (Wildman–Crippen LogP) is 3.70. The second-order valence-corrected chi connectivity index (χ2v) is 7.76. The first-order valence-electron chi connectivity index (χ1n) is 9.10. The van der Waals surface area contributed by atoms with Gasteiger partial charge in [0.25, 0.3) is 0 Å². The zero-order valence-corrected chi connectivity index (χ0v) is 17.3. The summed E-state index contributed by atoms with van der Waals surface area (Å²) in [5.74, 6) is 0.947. The van der Waals surface area contributed by atoms with Crippen molar-refractivity contribution in [1.29, 1.82) is 0 Å². The zero-order chi connectivity index (χ0) is 19.8. The third kappa shape index (κ3) is 6.43. The standard InChI is InChI=1S/C22H28N2O2S/c1-16-5-9-19(10-6-16)13-24(18(3)22(26)23-4)21(25)15-27-14-20-11-7-17(2)8-12-20/h5-12,18H,13-15H2,1-4H3,(H,23,26). The van der Waals surface area contributed by atoms with Gasteiger partial charge in [0, 0.05) is 19.3 Å². The first-order chi connectivity index (χ1) is 12.9. The van der Waals surface area contributed by atoms with E-state index in [0.717, 1.165) is 11.3 Å². The molecule has 0 bridgehead atoms. The van der Waals surface area contributed by atoms with Gasteiger partial charge in [0.2, 0.25) is 11.8 Å². The molecule has 1 N–H and O–H groups in total. The summed E-state index contributed by atoms with van der Waals surface area (Å²) in [5, 5.41) is 2.64. The molecule has 27 heavy (non-hydrogen) atoms. The molecule has 0 saturated carbocycles. The van der Waals surface area contributed by atoms with Crippen molar-refractivity contribution in [2.75, 3.05) is 12.8 Å². The van der Waals surface area contributed by atoms with Crippen LogP contribution in [0, 0.1) is 13.8 Å². The van der Waals surface area contributed by atoms with Crippen molar-refractivity contribution < 1.29 is 9.59 Å². The summed E-state index contributed by atoms with van der Waals surface area (Å²) in [6.45, 7) is 6.29. The van der Waals surface area contributed by atoms with Crippen molar-refractivity contribution in [2.24, 2.45) is 0 Å². The normalized spacial score (nSPS) is 11.7. The van der Waals surface area contributed by atoms with E-state index in [4.69, 9.17) is 0 Å². The molecule has 0 spiro atoms. The Balaban J connectivity index is 2.02. The predicted molar refractivity (Wildman–Crippen MR) is 113 cm³/mol. The number of carbonyl (C=O) groups excluding carboxylic acids is 2. The van der Waals surface area contributed by atoms with Crippen molar-refractivity contribution in [1.82, 2.24) is 10.2 Å². The van der Waals surface area contributed by atoms with Crippen LogP contribution in [-0.2, 0) is 21.9 Å². The maximum atomic E-state index is 12.8. The Morgan fingerprint density at radius 2 is 1.48 bits per heavy atom. The van der Waals surface area contributed by atoms with Crippen molar-refractivity contribution in [3.8, 4) is 0 Å². The molecule has 0 aliphatic rings. The molecule has 2 rings (SSSR count).